The van der Waals surface area contributed by atoms with Gasteiger partial charge in [0.2, 0.25) is 5.78 Å². The number of pyridine rings is 1. The van der Waals surface area contributed by atoms with Gasteiger partial charge in [-0.25, -0.2) is 13.4 Å². The second-order valence-corrected chi connectivity index (χ2v) is 8.34. The topological polar surface area (TPSA) is 68.5 Å². The molecule has 0 fully saturated rings. The van der Waals surface area contributed by atoms with Gasteiger partial charge < -0.3 is 0 Å². The fourth-order valence-electron chi connectivity index (χ4n) is 2.49. The molecule has 1 aromatic carbocycles. The molecule has 2 heterocycles. The number of aromatic nitrogens is 2. The molecule has 5 nitrogen and oxygen atoms in total. The van der Waals surface area contributed by atoms with Crippen LogP contribution in [0.15, 0.2) is 52.1 Å². The predicted octanol–water partition coefficient (Wildman–Crippen LogP) is 3.29. The average molecular weight is 407 g/mol. The van der Waals surface area contributed by atoms with Crippen LogP contribution in [0, 0.1) is 0 Å². The first-order chi connectivity index (χ1) is 11.3. The largest absolute Gasteiger partial charge is 0.296 e. The highest BCUT2D eigenvalue weighted by atomic mass is 79.9. The van der Waals surface area contributed by atoms with Gasteiger partial charge in [-0.05, 0) is 48.4 Å². The van der Waals surface area contributed by atoms with E-state index >= 15 is 0 Å². The van der Waals surface area contributed by atoms with Crippen LogP contribution < -0.4 is 0 Å². The molecule has 0 aliphatic heterocycles. The summed E-state index contributed by atoms with van der Waals surface area (Å²) in [6, 6.07) is 10.4. The van der Waals surface area contributed by atoms with Gasteiger partial charge in [-0.15, -0.1) is 0 Å². The molecule has 24 heavy (non-hydrogen) atoms. The summed E-state index contributed by atoms with van der Waals surface area (Å²) in [6.45, 7) is 2.00. The molecule has 0 atom stereocenters. The highest BCUT2D eigenvalue weighted by Crippen LogP contribution is 2.23. The lowest BCUT2D eigenvalue weighted by atomic mass is 10.1. The number of rotatable bonds is 4. The maximum atomic E-state index is 12.9. The molecular formula is C17H15BrN2O3S. The number of halogens is 1. The minimum atomic E-state index is -3.64. The highest BCUT2D eigenvalue weighted by molar-refractivity contribution is 9.10. The lowest BCUT2D eigenvalue weighted by molar-refractivity contribution is 0.103. The zero-order valence-electron chi connectivity index (χ0n) is 13.2. The average Bonchev–Trinajstić information content (AvgIpc) is 2.93. The van der Waals surface area contributed by atoms with Gasteiger partial charge in [-0.3, -0.25) is 9.20 Å². The zero-order valence-corrected chi connectivity index (χ0v) is 15.6. The quantitative estimate of drug-likeness (QED) is 0.623. The first kappa shape index (κ1) is 16.9. The van der Waals surface area contributed by atoms with Crippen molar-refractivity contribution in [2.75, 3.05) is 6.26 Å². The van der Waals surface area contributed by atoms with Crippen LogP contribution in [0.5, 0.6) is 0 Å². The molecule has 0 saturated carbocycles. The second-order valence-electron chi connectivity index (χ2n) is 5.49. The van der Waals surface area contributed by atoms with Crippen LogP contribution in [0.3, 0.4) is 0 Å². The summed E-state index contributed by atoms with van der Waals surface area (Å²) in [6.07, 6.45) is 3.56. The second kappa shape index (κ2) is 6.14. The van der Waals surface area contributed by atoms with Crippen molar-refractivity contribution in [1.29, 1.82) is 0 Å². The first-order valence-electron chi connectivity index (χ1n) is 7.32. The van der Waals surface area contributed by atoms with Gasteiger partial charge in [0, 0.05) is 22.5 Å². The summed E-state index contributed by atoms with van der Waals surface area (Å²) < 4.78 is 26.6. The molecule has 0 amide bonds. The van der Waals surface area contributed by atoms with E-state index in [4.69, 9.17) is 0 Å². The normalized spacial score (nSPS) is 11.8. The van der Waals surface area contributed by atoms with Crippen molar-refractivity contribution in [3.63, 3.8) is 0 Å². The van der Waals surface area contributed by atoms with Crippen molar-refractivity contribution < 1.29 is 13.2 Å². The molecule has 0 bridgehead atoms. The summed E-state index contributed by atoms with van der Waals surface area (Å²) >= 11 is 3.32. The Morgan fingerprint density at radius 1 is 1.21 bits per heavy atom. The molecule has 0 unspecified atom stereocenters. The number of aryl methyl sites for hydroxylation is 1. The molecule has 0 radical (unpaired) electrons. The van der Waals surface area contributed by atoms with Gasteiger partial charge in [0.05, 0.1) is 0 Å². The smallest absolute Gasteiger partial charge is 0.212 e. The van der Waals surface area contributed by atoms with Gasteiger partial charge >= 0.3 is 0 Å². The Morgan fingerprint density at radius 2 is 1.88 bits per heavy atom. The fourth-order valence-corrected chi connectivity index (χ4v) is 3.55. The number of imidazole rings is 1. The predicted molar refractivity (Wildman–Crippen MR) is 95.3 cm³/mol. The van der Waals surface area contributed by atoms with Crippen molar-refractivity contribution in [3.8, 4) is 0 Å². The van der Waals surface area contributed by atoms with Crippen LogP contribution in [-0.4, -0.2) is 29.8 Å². The summed E-state index contributed by atoms with van der Waals surface area (Å²) in [5, 5.41) is -0.191. The van der Waals surface area contributed by atoms with Gasteiger partial charge in [-0.1, -0.05) is 22.9 Å². The monoisotopic (exact) mass is 406 g/mol. The Labute approximate surface area is 148 Å². The van der Waals surface area contributed by atoms with Crippen LogP contribution >= 0.6 is 15.9 Å². The number of nitrogens with zero attached hydrogens (tertiary/aromatic N) is 2. The summed E-state index contributed by atoms with van der Waals surface area (Å²) in [7, 11) is -3.64. The SMILES string of the molecule is CCc1ccn2c(C(=O)c3ccc(Br)cc3)c(S(C)(=O)=O)nc2c1. The van der Waals surface area contributed by atoms with Gasteiger partial charge in [-0.2, -0.15) is 0 Å². The molecule has 0 spiro atoms. The minimum Gasteiger partial charge on any atom is -0.296 e. The standard InChI is InChI=1S/C17H15BrN2O3S/c1-3-11-8-9-20-14(10-11)19-17(24(2,22)23)15(20)16(21)12-4-6-13(18)7-5-12/h4-10H,3H2,1-2H3. The lowest BCUT2D eigenvalue weighted by Crippen LogP contribution is -2.11. The molecular weight excluding hydrogens is 392 g/mol. The summed E-state index contributed by atoms with van der Waals surface area (Å²) in [4.78, 5) is 17.1. The lowest BCUT2D eigenvalue weighted by Gasteiger charge is -2.05. The van der Waals surface area contributed by atoms with Crippen molar-refractivity contribution in [1.82, 2.24) is 9.38 Å². The van der Waals surface area contributed by atoms with Crippen molar-refractivity contribution in [2.24, 2.45) is 0 Å². The zero-order chi connectivity index (χ0) is 17.5. The minimum absolute atomic E-state index is 0.0671. The van der Waals surface area contributed by atoms with E-state index in [2.05, 4.69) is 20.9 Å². The third-order valence-electron chi connectivity index (χ3n) is 3.74. The van der Waals surface area contributed by atoms with Crippen LogP contribution in [0.2, 0.25) is 0 Å². The Balaban J connectivity index is 2.28. The van der Waals surface area contributed by atoms with Crippen LogP contribution in [0.4, 0.5) is 0 Å². The van der Waals surface area contributed by atoms with E-state index in [0.29, 0.717) is 11.2 Å². The number of hydrogen-bond donors (Lipinski definition) is 0. The van der Waals surface area contributed by atoms with Gasteiger partial charge in [0.15, 0.2) is 14.9 Å². The van der Waals surface area contributed by atoms with Crippen molar-refractivity contribution in [3.05, 3.63) is 63.9 Å². The van der Waals surface area contributed by atoms with E-state index in [-0.39, 0.29) is 16.5 Å². The summed E-state index contributed by atoms with van der Waals surface area (Å²) in [5.74, 6) is -0.375. The number of fused-ring (bicyclic) bond motifs is 1. The molecule has 3 aromatic rings. The molecule has 0 aliphatic carbocycles. The maximum Gasteiger partial charge on any atom is 0.212 e. The molecule has 124 valence electrons. The Hall–Kier alpha value is -1.99. The third-order valence-corrected chi connectivity index (χ3v) is 5.26. The maximum absolute atomic E-state index is 12.9. The van der Waals surface area contributed by atoms with Crippen LogP contribution in [-0.2, 0) is 16.3 Å². The highest BCUT2D eigenvalue weighted by Gasteiger charge is 2.26. The van der Waals surface area contributed by atoms with Crippen LogP contribution in [0.1, 0.15) is 28.5 Å². The number of hydrogen-bond acceptors (Lipinski definition) is 4. The Bertz CT molecular complexity index is 1040. The van der Waals surface area contributed by atoms with Gasteiger partial charge in [0.25, 0.3) is 0 Å². The fraction of sp³-hybridized carbons (Fsp3) is 0.176. The first-order valence-corrected chi connectivity index (χ1v) is 10.0. The van der Waals surface area contributed by atoms with Crippen molar-refractivity contribution >= 4 is 37.2 Å². The van der Waals surface area contributed by atoms with E-state index in [0.717, 1.165) is 22.7 Å². The molecule has 7 heteroatoms. The van der Waals surface area contributed by atoms with E-state index in [1.54, 1.807) is 40.9 Å². The Morgan fingerprint density at radius 3 is 2.46 bits per heavy atom. The molecule has 0 saturated heterocycles. The van der Waals surface area contributed by atoms with Crippen LogP contribution in [0.25, 0.3) is 5.65 Å². The van der Waals surface area contributed by atoms with Crippen molar-refractivity contribution in [2.45, 2.75) is 18.4 Å². The van der Waals surface area contributed by atoms with E-state index < -0.39 is 9.84 Å². The van der Waals surface area contributed by atoms with E-state index in [1.807, 2.05) is 13.0 Å². The molecule has 0 aliphatic rings. The number of ketones is 1. The molecule has 3 rings (SSSR count). The number of benzene rings is 1. The molecule has 0 N–H and O–H groups in total. The molecule has 2 aromatic heterocycles. The third kappa shape index (κ3) is 3.01. The Kier molecular flexibility index (Phi) is 4.31. The van der Waals surface area contributed by atoms with E-state index in [9.17, 15) is 13.2 Å². The number of carbonyl (C=O) groups excluding carboxylic acids is 1. The number of sulfone groups is 1. The number of carbonyl (C=O) groups is 1. The van der Waals surface area contributed by atoms with E-state index in [1.165, 1.54) is 0 Å². The summed E-state index contributed by atoms with van der Waals surface area (Å²) in [5.41, 5.74) is 1.95. The van der Waals surface area contributed by atoms with Gasteiger partial charge in [0.1, 0.15) is 11.3 Å².